The molecule has 0 aliphatic heterocycles. The second-order valence-electron chi connectivity index (χ2n) is 5.71. The van der Waals surface area contributed by atoms with Crippen LogP contribution in [0.3, 0.4) is 0 Å². The van der Waals surface area contributed by atoms with Crippen LogP contribution in [0.2, 0.25) is 0 Å². The van der Waals surface area contributed by atoms with Crippen LogP contribution in [0, 0.1) is 17.8 Å². The smallest absolute Gasteiger partial charge is 0.316 e. The summed E-state index contributed by atoms with van der Waals surface area (Å²) in [5.41, 5.74) is 0. The molecule has 3 unspecified atom stereocenters. The molecule has 1 fully saturated rings. The monoisotopic (exact) mass is 299 g/mol. The maximum atomic E-state index is 12.1. The Kier molecular flexibility index (Phi) is 6.45. The number of nitrogens with zero attached hydrogens (tertiary/aromatic N) is 1. The van der Waals surface area contributed by atoms with E-state index in [-0.39, 0.29) is 11.9 Å². The van der Waals surface area contributed by atoms with Gasteiger partial charge in [0.15, 0.2) is 0 Å². The molecule has 7 heteroatoms. The summed E-state index contributed by atoms with van der Waals surface area (Å²) in [7, 11) is 3.27. The molecule has 3 amide bonds. The van der Waals surface area contributed by atoms with Crippen molar-refractivity contribution >= 4 is 17.9 Å². The third-order valence-corrected chi connectivity index (χ3v) is 4.00. The maximum Gasteiger partial charge on any atom is 0.316 e. The first-order chi connectivity index (χ1) is 9.86. The van der Waals surface area contributed by atoms with Crippen LogP contribution in [-0.4, -0.2) is 55.1 Å². The van der Waals surface area contributed by atoms with Crippen molar-refractivity contribution in [3.63, 3.8) is 0 Å². The Morgan fingerprint density at radius 1 is 1.10 bits per heavy atom. The predicted molar refractivity (Wildman–Crippen MR) is 77.7 cm³/mol. The Labute approximate surface area is 125 Å². The van der Waals surface area contributed by atoms with Crippen LogP contribution < -0.4 is 10.6 Å². The molecule has 1 rings (SSSR count). The van der Waals surface area contributed by atoms with Crippen LogP contribution in [-0.2, 0) is 9.59 Å². The van der Waals surface area contributed by atoms with Crippen LogP contribution in [0.25, 0.3) is 0 Å². The summed E-state index contributed by atoms with van der Waals surface area (Å²) in [5.74, 6) is -1.87. The van der Waals surface area contributed by atoms with Crippen molar-refractivity contribution in [3.8, 4) is 0 Å². The lowest BCUT2D eigenvalue weighted by Crippen LogP contribution is -2.42. The molecule has 0 aromatic rings. The summed E-state index contributed by atoms with van der Waals surface area (Å²) in [4.78, 5) is 36.0. The van der Waals surface area contributed by atoms with Gasteiger partial charge in [0.2, 0.25) is 5.91 Å². The highest BCUT2D eigenvalue weighted by molar-refractivity contribution is 5.85. The molecule has 1 aliphatic carbocycles. The molecule has 7 nitrogen and oxygen atoms in total. The maximum absolute atomic E-state index is 12.1. The first-order valence-electron chi connectivity index (χ1n) is 7.32. The Bertz CT molecular complexity index is 398. The lowest BCUT2D eigenvalue weighted by atomic mass is 9.95. The van der Waals surface area contributed by atoms with Gasteiger partial charge in [-0.2, -0.15) is 0 Å². The zero-order chi connectivity index (χ0) is 16.0. The molecule has 0 bridgehead atoms. The quantitative estimate of drug-likeness (QED) is 0.622. The van der Waals surface area contributed by atoms with E-state index < -0.39 is 17.8 Å². The lowest BCUT2D eigenvalue weighted by molar-refractivity contribution is -0.146. The van der Waals surface area contributed by atoms with E-state index in [9.17, 15) is 19.5 Å². The van der Waals surface area contributed by atoms with Crippen molar-refractivity contribution in [1.82, 2.24) is 15.5 Å². The summed E-state index contributed by atoms with van der Waals surface area (Å²) < 4.78 is 0. The largest absolute Gasteiger partial charge is 0.481 e. The molecule has 120 valence electrons. The number of aliphatic carboxylic acids is 1. The van der Waals surface area contributed by atoms with Crippen molar-refractivity contribution in [2.24, 2.45) is 17.8 Å². The number of carboxylic acid groups (broad SMARTS) is 1. The first kappa shape index (κ1) is 17.3. The second kappa shape index (κ2) is 7.85. The Morgan fingerprint density at radius 3 is 2.19 bits per heavy atom. The number of nitrogens with one attached hydrogen (secondary N) is 2. The highest BCUT2D eigenvalue weighted by atomic mass is 16.4. The fourth-order valence-corrected chi connectivity index (χ4v) is 2.68. The van der Waals surface area contributed by atoms with Gasteiger partial charge in [-0.3, -0.25) is 9.59 Å². The van der Waals surface area contributed by atoms with Gasteiger partial charge in [0.1, 0.15) is 0 Å². The normalized spacial score (nSPS) is 24.4. The predicted octanol–water partition coefficient (Wildman–Crippen LogP) is 0.511. The van der Waals surface area contributed by atoms with E-state index in [4.69, 9.17) is 0 Å². The second-order valence-corrected chi connectivity index (χ2v) is 5.71. The van der Waals surface area contributed by atoms with Gasteiger partial charge in [0, 0.05) is 27.2 Å². The van der Waals surface area contributed by atoms with Crippen molar-refractivity contribution in [2.75, 3.05) is 27.2 Å². The highest BCUT2D eigenvalue weighted by Crippen LogP contribution is 2.38. The van der Waals surface area contributed by atoms with Crippen molar-refractivity contribution in [2.45, 2.75) is 26.2 Å². The minimum absolute atomic E-state index is 0.223. The number of carboxylic acids is 1. The standard InChI is InChI=1S/C14H25N3O4/c1-4-9-7-10(11(8-9)13(19)20)12(18)15-5-6-16-14(21)17(2)3/h9-11H,4-8H2,1-3H3,(H,15,18)(H,16,21)(H,19,20). The number of carbonyl (C=O) groups is 3. The average Bonchev–Trinajstić information content (AvgIpc) is 2.87. The van der Waals surface area contributed by atoms with Crippen molar-refractivity contribution in [3.05, 3.63) is 0 Å². The minimum atomic E-state index is -0.896. The summed E-state index contributed by atoms with van der Waals surface area (Å²) in [6.45, 7) is 2.64. The van der Waals surface area contributed by atoms with Crippen LogP contribution >= 0.6 is 0 Å². The van der Waals surface area contributed by atoms with Gasteiger partial charge < -0.3 is 20.6 Å². The van der Waals surface area contributed by atoms with E-state index in [1.165, 1.54) is 4.90 Å². The number of rotatable bonds is 6. The van der Waals surface area contributed by atoms with Crippen LogP contribution in [0.1, 0.15) is 26.2 Å². The highest BCUT2D eigenvalue weighted by Gasteiger charge is 2.41. The molecule has 1 saturated carbocycles. The van der Waals surface area contributed by atoms with E-state index in [1.807, 2.05) is 6.92 Å². The number of carbonyl (C=O) groups excluding carboxylic acids is 2. The average molecular weight is 299 g/mol. The molecule has 0 saturated heterocycles. The van der Waals surface area contributed by atoms with Gasteiger partial charge >= 0.3 is 12.0 Å². The van der Waals surface area contributed by atoms with E-state index in [0.717, 1.165) is 6.42 Å². The topological polar surface area (TPSA) is 98.7 Å². The molecule has 0 spiro atoms. The summed E-state index contributed by atoms with van der Waals surface area (Å²) >= 11 is 0. The van der Waals surface area contributed by atoms with Gasteiger partial charge in [0.25, 0.3) is 0 Å². The zero-order valence-electron chi connectivity index (χ0n) is 12.9. The summed E-state index contributed by atoms with van der Waals surface area (Å²) in [6, 6.07) is -0.223. The third kappa shape index (κ3) is 4.91. The van der Waals surface area contributed by atoms with Crippen molar-refractivity contribution < 1.29 is 19.5 Å². The van der Waals surface area contributed by atoms with Gasteiger partial charge in [-0.15, -0.1) is 0 Å². The summed E-state index contributed by atoms with van der Waals surface area (Å²) in [6.07, 6.45) is 2.09. The Balaban J connectivity index is 2.40. The lowest BCUT2D eigenvalue weighted by Gasteiger charge is -2.16. The molecule has 0 aromatic heterocycles. The first-order valence-corrected chi connectivity index (χ1v) is 7.32. The third-order valence-electron chi connectivity index (χ3n) is 4.00. The summed E-state index contributed by atoms with van der Waals surface area (Å²) in [5, 5.41) is 14.6. The molecule has 21 heavy (non-hydrogen) atoms. The van der Waals surface area contributed by atoms with Crippen molar-refractivity contribution in [1.29, 1.82) is 0 Å². The molecular weight excluding hydrogens is 274 g/mol. The minimum Gasteiger partial charge on any atom is -0.481 e. The number of amides is 3. The number of hydrogen-bond donors (Lipinski definition) is 3. The van der Waals surface area contributed by atoms with E-state index in [1.54, 1.807) is 14.1 Å². The van der Waals surface area contributed by atoms with Gasteiger partial charge in [0.05, 0.1) is 11.8 Å². The van der Waals surface area contributed by atoms with Crippen LogP contribution in [0.15, 0.2) is 0 Å². The van der Waals surface area contributed by atoms with E-state index in [0.29, 0.717) is 31.8 Å². The SMILES string of the molecule is CCC1CC(C(=O)O)C(C(=O)NCCNC(=O)N(C)C)C1. The van der Waals surface area contributed by atoms with E-state index >= 15 is 0 Å². The van der Waals surface area contributed by atoms with E-state index in [2.05, 4.69) is 10.6 Å². The fraction of sp³-hybridized carbons (Fsp3) is 0.786. The van der Waals surface area contributed by atoms with Gasteiger partial charge in [-0.25, -0.2) is 4.79 Å². The zero-order valence-corrected chi connectivity index (χ0v) is 12.9. The van der Waals surface area contributed by atoms with Gasteiger partial charge in [-0.1, -0.05) is 13.3 Å². The molecule has 0 radical (unpaired) electrons. The Morgan fingerprint density at radius 2 is 1.67 bits per heavy atom. The molecule has 0 heterocycles. The number of urea groups is 1. The molecule has 0 aromatic carbocycles. The molecule has 3 N–H and O–H groups in total. The van der Waals surface area contributed by atoms with Gasteiger partial charge in [-0.05, 0) is 18.8 Å². The fourth-order valence-electron chi connectivity index (χ4n) is 2.68. The molecule has 1 aliphatic rings. The number of hydrogen-bond acceptors (Lipinski definition) is 3. The molecular formula is C14H25N3O4. The Hall–Kier alpha value is -1.79. The molecule has 3 atom stereocenters. The van der Waals surface area contributed by atoms with Crippen LogP contribution in [0.5, 0.6) is 0 Å². The van der Waals surface area contributed by atoms with Crippen LogP contribution in [0.4, 0.5) is 4.79 Å².